The average molecular weight is 744 g/mol. The number of Topliss-reactive ketones (excluding diaryl/α,β-unsaturated/α-hetero) is 1. The molecule has 2 aliphatic rings. The number of hydrogen-bond acceptors (Lipinski definition) is 8. The molecule has 0 spiro atoms. The van der Waals surface area contributed by atoms with Crippen LogP contribution in [0.15, 0.2) is 99.6 Å². The lowest BCUT2D eigenvalue weighted by Crippen LogP contribution is -2.42. The molecule has 0 aliphatic heterocycles. The highest BCUT2D eigenvalue weighted by Gasteiger charge is 2.65. The lowest BCUT2D eigenvalue weighted by molar-refractivity contribution is -0.169. The van der Waals surface area contributed by atoms with Crippen LogP contribution < -0.4 is 4.74 Å². The molecule has 2 aliphatic carbocycles. The van der Waals surface area contributed by atoms with Crippen LogP contribution in [0.5, 0.6) is 5.75 Å². The van der Waals surface area contributed by atoms with Gasteiger partial charge in [-0.1, -0.05) is 56.8 Å². The summed E-state index contributed by atoms with van der Waals surface area (Å²) in [5, 5.41) is 0. The summed E-state index contributed by atoms with van der Waals surface area (Å²) in [7, 11) is -4.27. The third-order valence-electron chi connectivity index (χ3n) is 9.67. The number of carbonyl (C=O) groups excluding carboxylic acids is 3. The summed E-state index contributed by atoms with van der Waals surface area (Å²) in [4.78, 5) is 38.9. The van der Waals surface area contributed by atoms with E-state index in [4.69, 9.17) is 8.92 Å². The first kappa shape index (κ1) is 39.9. The van der Waals surface area contributed by atoms with Crippen molar-refractivity contribution in [1.29, 1.82) is 0 Å². The molecule has 2 unspecified atom stereocenters. The molecule has 3 aromatic rings. The van der Waals surface area contributed by atoms with Crippen molar-refractivity contribution in [3.8, 4) is 5.75 Å². The third kappa shape index (κ3) is 9.14. The van der Waals surface area contributed by atoms with Gasteiger partial charge in [0, 0.05) is 31.1 Å². The molecule has 274 valence electrons. The van der Waals surface area contributed by atoms with Gasteiger partial charge in [0.15, 0.2) is 14.7 Å². The predicted octanol–water partition coefficient (Wildman–Crippen LogP) is 7.81. The molecular formula is C39H45F2O8S2+. The number of esters is 2. The maximum Gasteiger partial charge on any atom is 0.376 e. The second kappa shape index (κ2) is 15.8. The van der Waals surface area contributed by atoms with E-state index in [0.29, 0.717) is 31.1 Å². The molecule has 0 radical (unpaired) electrons. The van der Waals surface area contributed by atoms with E-state index in [-0.39, 0.29) is 28.6 Å². The van der Waals surface area contributed by atoms with Gasteiger partial charge in [0.1, 0.15) is 24.7 Å². The fourth-order valence-corrected chi connectivity index (χ4v) is 10.7. The quantitative estimate of drug-likeness (QED) is 0.0461. The van der Waals surface area contributed by atoms with Gasteiger partial charge in [0.25, 0.3) is 10.1 Å². The number of ketones is 1. The van der Waals surface area contributed by atoms with Crippen LogP contribution in [0.25, 0.3) is 0 Å². The Kier molecular flexibility index (Phi) is 12.4. The molecule has 2 atom stereocenters. The van der Waals surface area contributed by atoms with Gasteiger partial charge in [0.2, 0.25) is 0 Å². The molecule has 2 fully saturated rings. The maximum absolute atomic E-state index is 12.6. The van der Waals surface area contributed by atoms with Gasteiger partial charge >= 0.3 is 17.9 Å². The number of rotatable bonds is 12. The van der Waals surface area contributed by atoms with Crippen LogP contribution in [-0.2, 0) is 44.3 Å². The van der Waals surface area contributed by atoms with E-state index in [0.717, 1.165) is 17.5 Å². The topological polar surface area (TPSA) is 113 Å². The number of ether oxygens (including phenoxy) is 2. The summed E-state index contributed by atoms with van der Waals surface area (Å²) in [6, 6.07) is 25.2. The number of fused-ring (bicyclic) bond motifs is 2. The molecule has 0 aromatic heterocycles. The Morgan fingerprint density at radius 1 is 0.941 bits per heavy atom. The van der Waals surface area contributed by atoms with E-state index >= 15 is 0 Å². The summed E-state index contributed by atoms with van der Waals surface area (Å²) in [6.45, 7) is 12.3. The molecule has 0 saturated heterocycles. The first-order valence-electron chi connectivity index (χ1n) is 16.6. The lowest BCUT2D eigenvalue weighted by Gasteiger charge is -2.35. The molecule has 0 N–H and O–H groups in total. The van der Waals surface area contributed by atoms with E-state index in [2.05, 4.69) is 72.0 Å². The molecule has 51 heavy (non-hydrogen) atoms. The standard InChI is InChI=1S/C24H23O2S.C15H22F2O6S/c1-17(2)24(25)26-23-18(3)15-22(16-19(23)4)27(20-11-7-5-8-12-20)21-13-9-6-10-14-21;1-13(2)10-4-5-15(13,11(18)8-10)9-24(20,21)23-7-6-22-12(19)14(3,16)17/h5-16H,1H2,2-4H3;10H,4-9H2,1-3H3/q+1;. The van der Waals surface area contributed by atoms with E-state index in [1.54, 1.807) is 6.92 Å². The van der Waals surface area contributed by atoms with Crippen LogP contribution >= 0.6 is 0 Å². The van der Waals surface area contributed by atoms with Crippen LogP contribution in [0.3, 0.4) is 0 Å². The van der Waals surface area contributed by atoms with E-state index in [1.807, 2.05) is 39.8 Å². The minimum absolute atomic E-state index is 0.0621. The van der Waals surface area contributed by atoms with Crippen LogP contribution in [0.4, 0.5) is 8.78 Å². The Bertz CT molecular complexity index is 1810. The highest BCUT2D eigenvalue weighted by molar-refractivity contribution is 7.97. The Hall–Kier alpha value is -3.87. The van der Waals surface area contributed by atoms with Gasteiger partial charge in [0.05, 0.1) is 22.1 Å². The van der Waals surface area contributed by atoms with Gasteiger partial charge in [-0.05, 0) is 80.3 Å². The van der Waals surface area contributed by atoms with E-state index in [1.165, 1.54) is 14.7 Å². The predicted molar refractivity (Wildman–Crippen MR) is 191 cm³/mol. The second-order valence-electron chi connectivity index (χ2n) is 13.7. The highest BCUT2D eigenvalue weighted by atomic mass is 32.2. The molecule has 0 heterocycles. The fraction of sp³-hybridized carbons (Fsp3) is 0.410. The zero-order valence-electron chi connectivity index (χ0n) is 29.8. The second-order valence-corrected chi connectivity index (χ2v) is 17.4. The van der Waals surface area contributed by atoms with Gasteiger partial charge in [-0.15, -0.1) is 0 Å². The van der Waals surface area contributed by atoms with E-state index < -0.39 is 51.8 Å². The Morgan fingerprint density at radius 3 is 1.90 bits per heavy atom. The summed E-state index contributed by atoms with van der Waals surface area (Å²) >= 11 is 0. The van der Waals surface area contributed by atoms with Crippen LogP contribution in [0, 0.1) is 30.6 Å². The van der Waals surface area contributed by atoms with Crippen molar-refractivity contribution in [1.82, 2.24) is 0 Å². The minimum Gasteiger partial charge on any atom is -0.459 e. The Balaban J connectivity index is 0.000000230. The zero-order valence-corrected chi connectivity index (χ0v) is 31.4. The summed E-state index contributed by atoms with van der Waals surface area (Å²) < 4.78 is 64.1. The van der Waals surface area contributed by atoms with Crippen molar-refractivity contribution in [3.05, 3.63) is 96.1 Å². The summed E-state index contributed by atoms with van der Waals surface area (Å²) in [5.74, 6) is -5.47. The molecule has 8 nitrogen and oxygen atoms in total. The number of benzene rings is 3. The monoisotopic (exact) mass is 743 g/mol. The van der Waals surface area contributed by atoms with Crippen molar-refractivity contribution in [3.63, 3.8) is 0 Å². The van der Waals surface area contributed by atoms with Gasteiger partial charge in [-0.25, -0.2) is 9.59 Å². The number of halogens is 2. The molecule has 2 bridgehead atoms. The highest BCUT2D eigenvalue weighted by Crippen LogP contribution is 2.64. The van der Waals surface area contributed by atoms with Crippen LogP contribution in [0.1, 0.15) is 58.1 Å². The average Bonchev–Trinajstić information content (AvgIpc) is 3.40. The first-order valence-corrected chi connectivity index (χ1v) is 19.4. The number of hydrogen-bond donors (Lipinski definition) is 0. The maximum atomic E-state index is 12.6. The lowest BCUT2D eigenvalue weighted by atomic mass is 9.70. The van der Waals surface area contributed by atoms with Crippen molar-refractivity contribution in [2.75, 3.05) is 19.0 Å². The minimum atomic E-state index is -4.05. The number of alkyl halides is 2. The molecule has 12 heteroatoms. The summed E-state index contributed by atoms with van der Waals surface area (Å²) in [6.07, 6.45) is 1.69. The van der Waals surface area contributed by atoms with Gasteiger partial charge in [-0.2, -0.15) is 17.2 Å². The number of aryl methyl sites for hydroxylation is 2. The molecular weight excluding hydrogens is 699 g/mol. The third-order valence-corrected chi connectivity index (χ3v) is 13.2. The zero-order chi connectivity index (χ0) is 37.8. The smallest absolute Gasteiger partial charge is 0.376 e. The Labute approximate surface area is 302 Å². The van der Waals surface area contributed by atoms with Crippen LogP contribution in [-0.4, -0.2) is 51.0 Å². The van der Waals surface area contributed by atoms with Crippen molar-refractivity contribution in [2.24, 2.45) is 16.7 Å². The van der Waals surface area contributed by atoms with Gasteiger partial charge < -0.3 is 9.47 Å². The SMILES string of the molecule is C=C(C)C(=O)Oc1c(C)cc([S+](c2ccccc2)c2ccccc2)cc1C.CC(F)(F)C(=O)OCCOS(=O)(=O)CC12CCC(CC1=O)C2(C)C. The molecule has 5 rings (SSSR count). The number of carbonyl (C=O) groups is 3. The first-order chi connectivity index (χ1) is 23.8. The Morgan fingerprint density at radius 2 is 1.47 bits per heavy atom. The fourth-order valence-electron chi connectivity index (χ4n) is 6.76. The van der Waals surface area contributed by atoms with Crippen molar-refractivity contribution in [2.45, 2.75) is 81.4 Å². The normalized spacial score (nSPS) is 19.3. The summed E-state index contributed by atoms with van der Waals surface area (Å²) in [5.41, 5.74) is 0.917. The van der Waals surface area contributed by atoms with Crippen molar-refractivity contribution < 1.29 is 45.2 Å². The van der Waals surface area contributed by atoms with E-state index in [9.17, 15) is 31.6 Å². The van der Waals surface area contributed by atoms with Gasteiger partial charge in [-0.3, -0.25) is 8.98 Å². The van der Waals surface area contributed by atoms with Crippen LogP contribution in [0.2, 0.25) is 0 Å². The molecule has 0 amide bonds. The molecule has 2 saturated carbocycles. The van der Waals surface area contributed by atoms with Crippen molar-refractivity contribution >= 4 is 38.7 Å². The molecule has 3 aromatic carbocycles. The largest absolute Gasteiger partial charge is 0.459 e.